The fraction of sp³-hybridized carbons (Fsp3) is 0.421. The highest BCUT2D eigenvalue weighted by Crippen LogP contribution is 2.40. The summed E-state index contributed by atoms with van der Waals surface area (Å²) in [5, 5.41) is 3.36. The van der Waals surface area contributed by atoms with Gasteiger partial charge in [-0.05, 0) is 49.1 Å². The molecule has 1 heterocycles. The molecule has 0 saturated heterocycles. The fourth-order valence-electron chi connectivity index (χ4n) is 3.50. The topological polar surface area (TPSA) is 75.3 Å². The maximum atomic E-state index is 13.0. The molecule has 2 N–H and O–H groups in total. The molecule has 1 aromatic heterocycles. The van der Waals surface area contributed by atoms with E-state index in [4.69, 9.17) is 11.6 Å². The van der Waals surface area contributed by atoms with Crippen molar-refractivity contribution in [3.8, 4) is 0 Å². The van der Waals surface area contributed by atoms with Crippen LogP contribution in [0, 0.1) is 0 Å². The van der Waals surface area contributed by atoms with E-state index < -0.39 is 15.6 Å². The number of thiophene rings is 1. The monoisotopic (exact) mass is 426 g/mol. The summed E-state index contributed by atoms with van der Waals surface area (Å²) in [6, 6.07) is 10.9. The van der Waals surface area contributed by atoms with E-state index in [2.05, 4.69) is 10.0 Å². The van der Waals surface area contributed by atoms with Crippen molar-refractivity contribution in [3.05, 3.63) is 51.9 Å². The molecule has 0 aliphatic heterocycles. The maximum Gasteiger partial charge on any atom is 0.250 e. The molecule has 146 valence electrons. The molecule has 8 heteroatoms. The van der Waals surface area contributed by atoms with Crippen LogP contribution in [-0.2, 0) is 26.8 Å². The van der Waals surface area contributed by atoms with E-state index in [0.717, 1.165) is 36.1 Å². The average Bonchev–Trinajstić information content (AvgIpc) is 3.25. The van der Waals surface area contributed by atoms with Crippen LogP contribution in [0.4, 0.5) is 0 Å². The van der Waals surface area contributed by atoms with Crippen molar-refractivity contribution in [3.63, 3.8) is 0 Å². The molecular formula is C19H23ClN2O3S2. The molecule has 0 unspecified atom stereocenters. The first-order valence-electron chi connectivity index (χ1n) is 8.94. The number of hydrogen-bond donors (Lipinski definition) is 2. The minimum Gasteiger partial charge on any atom is -0.356 e. The van der Waals surface area contributed by atoms with Crippen molar-refractivity contribution in [1.82, 2.24) is 10.0 Å². The lowest BCUT2D eigenvalue weighted by Gasteiger charge is -2.30. The maximum absolute atomic E-state index is 13.0. The Balaban J connectivity index is 1.79. The van der Waals surface area contributed by atoms with Crippen LogP contribution in [0.1, 0.15) is 43.0 Å². The van der Waals surface area contributed by atoms with Crippen LogP contribution in [0.25, 0.3) is 0 Å². The van der Waals surface area contributed by atoms with Crippen molar-refractivity contribution < 1.29 is 13.2 Å². The molecule has 3 rings (SSSR count). The predicted molar refractivity (Wildman–Crippen MR) is 109 cm³/mol. The summed E-state index contributed by atoms with van der Waals surface area (Å²) in [6.07, 6.45) is 4.13. The highest BCUT2D eigenvalue weighted by atomic mass is 35.5. The predicted octanol–water partition coefficient (Wildman–Crippen LogP) is 3.83. The molecule has 5 nitrogen and oxygen atoms in total. The normalized spacial score (nSPS) is 16.4. The average molecular weight is 427 g/mol. The van der Waals surface area contributed by atoms with Crippen molar-refractivity contribution in [2.45, 2.75) is 48.8 Å². The van der Waals surface area contributed by atoms with E-state index in [1.165, 1.54) is 18.3 Å². The molecule has 1 saturated carbocycles. The molecule has 1 fully saturated rings. The van der Waals surface area contributed by atoms with Gasteiger partial charge >= 0.3 is 0 Å². The number of nitrogens with one attached hydrogen (secondary N) is 2. The Hall–Kier alpha value is -1.41. The minimum atomic E-state index is -3.63. The van der Waals surface area contributed by atoms with Crippen LogP contribution in [0.2, 0.25) is 5.02 Å². The lowest BCUT2D eigenvalue weighted by Crippen LogP contribution is -2.43. The summed E-state index contributed by atoms with van der Waals surface area (Å²) in [5.41, 5.74) is 0.374. The van der Waals surface area contributed by atoms with Gasteiger partial charge in [0.2, 0.25) is 5.91 Å². The van der Waals surface area contributed by atoms with Gasteiger partial charge in [0.25, 0.3) is 10.0 Å². The van der Waals surface area contributed by atoms with E-state index in [9.17, 15) is 13.2 Å². The Morgan fingerprint density at radius 1 is 1.15 bits per heavy atom. The highest BCUT2D eigenvalue weighted by Gasteiger charge is 2.39. The summed E-state index contributed by atoms with van der Waals surface area (Å²) in [4.78, 5) is 11.9. The summed E-state index contributed by atoms with van der Waals surface area (Å²) in [6.45, 7) is 1.96. The second kappa shape index (κ2) is 8.31. The van der Waals surface area contributed by atoms with Gasteiger partial charge in [-0.2, -0.15) is 4.72 Å². The van der Waals surface area contributed by atoms with Crippen molar-refractivity contribution in [1.29, 1.82) is 0 Å². The number of amides is 1. The van der Waals surface area contributed by atoms with Crippen LogP contribution in [0.5, 0.6) is 0 Å². The molecular weight excluding hydrogens is 404 g/mol. The molecule has 0 radical (unpaired) electrons. The number of benzene rings is 1. The van der Waals surface area contributed by atoms with Gasteiger partial charge in [0.05, 0.1) is 5.54 Å². The summed E-state index contributed by atoms with van der Waals surface area (Å²) < 4.78 is 29.3. The lowest BCUT2D eigenvalue weighted by molar-refractivity contribution is -0.118. The molecule has 0 spiro atoms. The second-order valence-corrected chi connectivity index (χ2v) is 10.4. The van der Waals surface area contributed by atoms with Crippen LogP contribution in [0.3, 0.4) is 0 Å². The summed E-state index contributed by atoms with van der Waals surface area (Å²) >= 11 is 7.24. The Bertz CT molecular complexity index is 901. The largest absolute Gasteiger partial charge is 0.356 e. The van der Waals surface area contributed by atoms with Crippen LogP contribution < -0.4 is 10.0 Å². The Labute approximate surface area is 169 Å². The van der Waals surface area contributed by atoms with Crippen molar-refractivity contribution in [2.24, 2.45) is 0 Å². The number of hydrogen-bond acceptors (Lipinski definition) is 4. The third kappa shape index (κ3) is 4.90. The Morgan fingerprint density at radius 2 is 1.81 bits per heavy atom. The first kappa shape index (κ1) is 20.3. The van der Waals surface area contributed by atoms with E-state index in [1.54, 1.807) is 18.2 Å². The summed E-state index contributed by atoms with van der Waals surface area (Å²) in [7, 11) is -3.63. The zero-order chi connectivity index (χ0) is 19.5. The number of sulfonamides is 1. The van der Waals surface area contributed by atoms with E-state index in [-0.39, 0.29) is 5.91 Å². The molecule has 1 aliphatic carbocycles. The Morgan fingerprint density at radius 3 is 2.44 bits per heavy atom. The molecule has 0 atom stereocenters. The highest BCUT2D eigenvalue weighted by molar-refractivity contribution is 7.91. The number of carbonyl (C=O) groups excluding carboxylic acids is 1. The third-order valence-electron chi connectivity index (χ3n) is 4.83. The van der Waals surface area contributed by atoms with Crippen molar-refractivity contribution in [2.75, 3.05) is 6.54 Å². The standard InChI is InChI=1S/C19H23ClN2O3S2/c1-14(23)21-13-10-17-8-9-18(26-17)27(24,25)22-19(11-2-3-12-19)15-4-6-16(20)7-5-15/h4-9,22H,2-3,10-13H2,1H3,(H,21,23). The van der Waals surface area contributed by atoms with E-state index >= 15 is 0 Å². The van der Waals surface area contributed by atoms with Gasteiger partial charge in [-0.25, -0.2) is 8.42 Å². The van der Waals surface area contributed by atoms with Crippen LogP contribution in [0.15, 0.2) is 40.6 Å². The number of carbonyl (C=O) groups is 1. The van der Waals surface area contributed by atoms with E-state index in [0.29, 0.717) is 22.2 Å². The first-order chi connectivity index (χ1) is 12.8. The quantitative estimate of drug-likeness (QED) is 0.706. The zero-order valence-corrected chi connectivity index (χ0v) is 17.5. The summed E-state index contributed by atoms with van der Waals surface area (Å²) in [5.74, 6) is -0.0905. The van der Waals surface area contributed by atoms with Crippen LogP contribution >= 0.6 is 22.9 Å². The van der Waals surface area contributed by atoms with Gasteiger partial charge in [0, 0.05) is 23.4 Å². The molecule has 2 aromatic rings. The van der Waals surface area contributed by atoms with Gasteiger partial charge in [-0.1, -0.05) is 36.6 Å². The minimum absolute atomic E-state index is 0.0905. The Kier molecular flexibility index (Phi) is 6.25. The van der Waals surface area contributed by atoms with Crippen LogP contribution in [-0.4, -0.2) is 20.9 Å². The number of rotatable bonds is 7. The smallest absolute Gasteiger partial charge is 0.250 e. The second-order valence-electron chi connectivity index (χ2n) is 6.86. The van der Waals surface area contributed by atoms with Crippen molar-refractivity contribution >= 4 is 38.9 Å². The van der Waals surface area contributed by atoms with Gasteiger partial charge in [0.1, 0.15) is 4.21 Å². The van der Waals surface area contributed by atoms with Gasteiger partial charge in [0.15, 0.2) is 0 Å². The molecule has 0 bridgehead atoms. The zero-order valence-electron chi connectivity index (χ0n) is 15.1. The fourth-order valence-corrected chi connectivity index (χ4v) is 6.43. The van der Waals surface area contributed by atoms with E-state index in [1.807, 2.05) is 18.2 Å². The third-order valence-corrected chi connectivity index (χ3v) is 8.26. The lowest BCUT2D eigenvalue weighted by atomic mass is 9.89. The molecule has 1 aliphatic rings. The number of halogens is 1. The molecule has 1 aromatic carbocycles. The van der Waals surface area contributed by atoms with Gasteiger partial charge in [-0.3, -0.25) is 4.79 Å². The first-order valence-corrected chi connectivity index (χ1v) is 11.6. The SMILES string of the molecule is CC(=O)NCCc1ccc(S(=O)(=O)NC2(c3ccc(Cl)cc3)CCCC2)s1. The molecule has 1 amide bonds. The van der Waals surface area contributed by atoms with Gasteiger partial charge in [-0.15, -0.1) is 11.3 Å². The van der Waals surface area contributed by atoms with Gasteiger partial charge < -0.3 is 5.32 Å². The molecule has 27 heavy (non-hydrogen) atoms.